The topological polar surface area (TPSA) is 62.7 Å². The maximum atomic E-state index is 13.7. The monoisotopic (exact) mass is 553 g/mol. The number of anilines is 1. The Kier molecular flexibility index (Phi) is 9.34. The third kappa shape index (κ3) is 6.40. The van der Waals surface area contributed by atoms with E-state index in [2.05, 4.69) is 17.0 Å². The molecule has 192 valence electrons. The van der Waals surface area contributed by atoms with Gasteiger partial charge < -0.3 is 4.74 Å². The molecule has 1 aromatic heterocycles. The van der Waals surface area contributed by atoms with Crippen molar-refractivity contribution in [3.05, 3.63) is 89.5 Å². The molecule has 0 saturated carbocycles. The van der Waals surface area contributed by atoms with Crippen molar-refractivity contribution < 1.29 is 14.3 Å². The number of carbonyl (C=O) groups excluding carboxylic acids is 2. The van der Waals surface area contributed by atoms with Crippen molar-refractivity contribution >= 4 is 62.5 Å². The molecule has 0 radical (unpaired) electrons. The number of aromatic nitrogens is 1. The summed E-state index contributed by atoms with van der Waals surface area (Å²) in [6, 6.07) is 22.3. The summed E-state index contributed by atoms with van der Waals surface area (Å²) in [6.07, 6.45) is 2.05. The number of fused-ring (bicyclic) bond motifs is 1. The molecule has 0 unspecified atom stereocenters. The maximum absolute atomic E-state index is 13.7. The molecule has 2 heterocycles. The summed E-state index contributed by atoms with van der Waals surface area (Å²) in [6.45, 7) is 4.40. The van der Waals surface area contributed by atoms with Crippen LogP contribution in [0, 0.1) is 0 Å². The minimum absolute atomic E-state index is 0. The van der Waals surface area contributed by atoms with Gasteiger partial charge in [-0.05, 0) is 36.6 Å². The second-order valence-electron chi connectivity index (χ2n) is 8.51. The van der Waals surface area contributed by atoms with Gasteiger partial charge in [0.1, 0.15) is 0 Å². The fraction of sp³-hybridized carbons (Fsp3) is 0.250. The van der Waals surface area contributed by atoms with E-state index in [0.717, 1.165) is 29.9 Å². The standard InChI is InChI=1S/C28H27N3O3S2.ClH/c1-35-23-11-12-24-25(19-23)36-28(29-24)31(14-13-30-15-17-34-18-16-30)27(33)22-9-7-21(8-10-22)26(32)20-5-3-2-4-6-20;/h2-12,19H,13-18H2,1H3;1H. The molecule has 9 heteroatoms. The Balaban J connectivity index is 0.00000320. The van der Waals surface area contributed by atoms with Crippen LogP contribution in [0.2, 0.25) is 0 Å². The Morgan fingerprint density at radius 1 is 0.973 bits per heavy atom. The average molecular weight is 554 g/mol. The Bertz CT molecular complexity index is 1360. The van der Waals surface area contributed by atoms with Gasteiger partial charge in [0.15, 0.2) is 10.9 Å². The Hall–Kier alpha value is -2.75. The number of ether oxygens (including phenoxy) is 1. The van der Waals surface area contributed by atoms with Gasteiger partial charge in [0, 0.05) is 47.8 Å². The molecule has 37 heavy (non-hydrogen) atoms. The summed E-state index contributed by atoms with van der Waals surface area (Å²) in [5, 5.41) is 0.686. The van der Waals surface area contributed by atoms with Crippen LogP contribution in [0.1, 0.15) is 26.3 Å². The van der Waals surface area contributed by atoms with E-state index in [1.54, 1.807) is 53.1 Å². The SMILES string of the molecule is CSc1ccc2nc(N(CCN3CCOCC3)C(=O)c3ccc(C(=O)c4ccccc4)cc3)sc2c1.Cl. The van der Waals surface area contributed by atoms with Crippen molar-refractivity contribution in [2.24, 2.45) is 0 Å². The van der Waals surface area contributed by atoms with Crippen LogP contribution in [0.4, 0.5) is 5.13 Å². The summed E-state index contributed by atoms with van der Waals surface area (Å²) in [5.74, 6) is -0.180. The number of nitrogens with zero attached hydrogens (tertiary/aromatic N) is 3. The van der Waals surface area contributed by atoms with Crippen LogP contribution in [-0.2, 0) is 4.74 Å². The number of benzene rings is 3. The third-order valence-electron chi connectivity index (χ3n) is 6.23. The first-order valence-electron chi connectivity index (χ1n) is 11.9. The molecule has 3 aromatic carbocycles. The van der Waals surface area contributed by atoms with Gasteiger partial charge in [0.2, 0.25) is 0 Å². The zero-order valence-corrected chi connectivity index (χ0v) is 22.9. The van der Waals surface area contributed by atoms with Gasteiger partial charge in [0.25, 0.3) is 5.91 Å². The fourth-order valence-corrected chi connectivity index (χ4v) is 5.71. The number of carbonyl (C=O) groups is 2. The largest absolute Gasteiger partial charge is 0.379 e. The first kappa shape index (κ1) is 27.3. The van der Waals surface area contributed by atoms with Crippen LogP contribution in [-0.4, -0.2) is 67.2 Å². The van der Waals surface area contributed by atoms with Crippen molar-refractivity contribution in [2.45, 2.75) is 4.90 Å². The minimum atomic E-state index is -0.119. The summed E-state index contributed by atoms with van der Waals surface area (Å²) in [4.78, 5) is 36.6. The molecule has 5 rings (SSSR count). The van der Waals surface area contributed by atoms with Crippen LogP contribution in [0.3, 0.4) is 0 Å². The third-order valence-corrected chi connectivity index (χ3v) is 8.00. The highest BCUT2D eigenvalue weighted by Gasteiger charge is 2.23. The van der Waals surface area contributed by atoms with Crippen molar-refractivity contribution in [3.63, 3.8) is 0 Å². The molecule has 0 bridgehead atoms. The van der Waals surface area contributed by atoms with Gasteiger partial charge in [-0.3, -0.25) is 19.4 Å². The minimum Gasteiger partial charge on any atom is -0.379 e. The number of rotatable bonds is 8. The van der Waals surface area contributed by atoms with E-state index in [1.807, 2.05) is 30.5 Å². The van der Waals surface area contributed by atoms with Crippen molar-refractivity contribution in [1.29, 1.82) is 0 Å². The summed E-state index contributed by atoms with van der Waals surface area (Å²) < 4.78 is 6.53. The van der Waals surface area contributed by atoms with Gasteiger partial charge in [-0.25, -0.2) is 4.98 Å². The average Bonchev–Trinajstić information content (AvgIpc) is 3.36. The summed E-state index contributed by atoms with van der Waals surface area (Å²) in [7, 11) is 0. The van der Waals surface area contributed by atoms with E-state index in [9.17, 15) is 9.59 Å². The van der Waals surface area contributed by atoms with Gasteiger partial charge in [-0.1, -0.05) is 53.8 Å². The Morgan fingerprint density at radius 3 is 2.35 bits per heavy atom. The molecular weight excluding hydrogens is 526 g/mol. The molecule has 1 amide bonds. The number of amides is 1. The molecule has 0 N–H and O–H groups in total. The molecule has 0 atom stereocenters. The highest BCUT2D eigenvalue weighted by molar-refractivity contribution is 7.98. The second kappa shape index (κ2) is 12.7. The van der Waals surface area contributed by atoms with Crippen LogP contribution in [0.5, 0.6) is 0 Å². The lowest BCUT2D eigenvalue weighted by Gasteiger charge is -2.29. The van der Waals surface area contributed by atoms with E-state index in [-0.39, 0.29) is 24.1 Å². The molecule has 1 saturated heterocycles. The summed E-state index contributed by atoms with van der Waals surface area (Å²) >= 11 is 3.22. The van der Waals surface area contributed by atoms with Gasteiger partial charge in [0.05, 0.1) is 23.4 Å². The fourth-order valence-electron chi connectivity index (χ4n) is 4.16. The lowest BCUT2D eigenvalue weighted by atomic mass is 10.0. The molecule has 4 aromatic rings. The van der Waals surface area contributed by atoms with Crippen LogP contribution >= 0.6 is 35.5 Å². The van der Waals surface area contributed by atoms with Gasteiger partial charge in [-0.15, -0.1) is 24.2 Å². The van der Waals surface area contributed by atoms with E-state index in [1.165, 1.54) is 16.2 Å². The quantitative estimate of drug-likeness (QED) is 0.207. The number of thioether (sulfide) groups is 1. The summed E-state index contributed by atoms with van der Waals surface area (Å²) in [5.41, 5.74) is 2.61. The lowest BCUT2D eigenvalue weighted by Crippen LogP contribution is -2.43. The second-order valence-corrected chi connectivity index (χ2v) is 10.4. The molecular formula is C28H28ClN3O3S2. The highest BCUT2D eigenvalue weighted by Crippen LogP contribution is 2.32. The van der Waals surface area contributed by atoms with E-state index < -0.39 is 0 Å². The Morgan fingerprint density at radius 2 is 1.65 bits per heavy atom. The molecule has 0 aliphatic carbocycles. The number of hydrogen-bond acceptors (Lipinski definition) is 7. The van der Waals surface area contributed by atoms with Gasteiger partial charge >= 0.3 is 0 Å². The molecule has 1 aliphatic rings. The molecule has 6 nitrogen and oxygen atoms in total. The molecule has 0 spiro atoms. The smallest absolute Gasteiger partial charge is 0.260 e. The molecule has 1 aliphatic heterocycles. The van der Waals surface area contributed by atoms with Crippen LogP contribution in [0.15, 0.2) is 77.7 Å². The van der Waals surface area contributed by atoms with E-state index in [4.69, 9.17) is 9.72 Å². The highest BCUT2D eigenvalue weighted by atomic mass is 35.5. The zero-order chi connectivity index (χ0) is 24.9. The number of halogens is 1. The van der Waals surface area contributed by atoms with Crippen LogP contribution in [0.25, 0.3) is 10.2 Å². The number of morpholine rings is 1. The first-order valence-corrected chi connectivity index (χ1v) is 13.9. The molecule has 1 fully saturated rings. The van der Waals surface area contributed by atoms with Gasteiger partial charge in [-0.2, -0.15) is 0 Å². The van der Waals surface area contributed by atoms with E-state index in [0.29, 0.717) is 41.6 Å². The van der Waals surface area contributed by atoms with Crippen molar-refractivity contribution in [2.75, 3.05) is 50.5 Å². The van der Waals surface area contributed by atoms with Crippen LogP contribution < -0.4 is 4.90 Å². The predicted molar refractivity (Wildman–Crippen MR) is 154 cm³/mol. The maximum Gasteiger partial charge on any atom is 0.260 e. The Labute approximate surface area is 231 Å². The zero-order valence-electron chi connectivity index (χ0n) is 20.5. The van der Waals surface area contributed by atoms with Crippen molar-refractivity contribution in [3.8, 4) is 0 Å². The van der Waals surface area contributed by atoms with Crippen molar-refractivity contribution in [1.82, 2.24) is 9.88 Å². The number of hydrogen-bond donors (Lipinski definition) is 0. The first-order chi connectivity index (χ1) is 17.6. The van der Waals surface area contributed by atoms with E-state index >= 15 is 0 Å². The number of thiazole rings is 1. The number of ketones is 1. The lowest BCUT2D eigenvalue weighted by molar-refractivity contribution is 0.0391. The normalized spacial score (nSPS) is 13.8. The predicted octanol–water partition coefficient (Wildman–Crippen LogP) is 5.65.